The number of morpholine rings is 1. The molecule has 0 aromatic heterocycles. The van der Waals surface area contributed by atoms with Gasteiger partial charge in [-0.2, -0.15) is 4.31 Å². The van der Waals surface area contributed by atoms with Gasteiger partial charge in [0, 0.05) is 18.8 Å². The number of hydrogen-bond donors (Lipinski definition) is 1. The Kier molecular flexibility index (Phi) is 7.60. The van der Waals surface area contributed by atoms with E-state index >= 15 is 0 Å². The number of nitrogens with one attached hydrogen (secondary N) is 1. The highest BCUT2D eigenvalue weighted by Crippen LogP contribution is 2.38. The third kappa shape index (κ3) is 5.14. The highest BCUT2D eigenvalue weighted by atomic mass is 32.2. The standard InChI is InChI=1S/C22H28N2O7S/c1-15-5-6-17(14-20(15)32(26,27)24-7-9-31-10-8-24)23-21(25)13-16-11-18(28-2)22(30-4)19(12-16)29-3/h5-6,11-12,14H,7-10,13H2,1-4H3,(H,23,25). The lowest BCUT2D eigenvalue weighted by Gasteiger charge is -2.26. The number of sulfonamides is 1. The first kappa shape index (κ1) is 23.8. The van der Waals surface area contributed by atoms with Crippen LogP contribution in [0, 0.1) is 6.92 Å². The van der Waals surface area contributed by atoms with Crippen molar-refractivity contribution in [2.75, 3.05) is 52.9 Å². The third-order valence-corrected chi connectivity index (χ3v) is 7.19. The second-order valence-electron chi connectivity index (χ2n) is 7.26. The van der Waals surface area contributed by atoms with E-state index in [4.69, 9.17) is 18.9 Å². The second kappa shape index (κ2) is 10.2. The molecule has 1 saturated heterocycles. The van der Waals surface area contributed by atoms with E-state index in [1.807, 2.05) is 0 Å². The molecule has 1 aliphatic rings. The summed E-state index contributed by atoms with van der Waals surface area (Å²) in [6.45, 7) is 3.07. The van der Waals surface area contributed by atoms with E-state index in [1.54, 1.807) is 31.2 Å². The van der Waals surface area contributed by atoms with Crippen LogP contribution in [-0.4, -0.2) is 66.3 Å². The average Bonchev–Trinajstić information content (AvgIpc) is 2.80. The quantitative estimate of drug-likeness (QED) is 0.639. The van der Waals surface area contributed by atoms with Gasteiger partial charge in [0.2, 0.25) is 21.7 Å². The Hall–Kier alpha value is -2.82. The Bertz CT molecular complexity index is 1050. The second-order valence-corrected chi connectivity index (χ2v) is 9.16. The molecule has 2 aromatic carbocycles. The highest BCUT2D eigenvalue weighted by molar-refractivity contribution is 7.89. The molecule has 1 N–H and O–H groups in total. The SMILES string of the molecule is COc1cc(CC(=O)Nc2ccc(C)c(S(=O)(=O)N3CCOCC3)c2)cc(OC)c1OC. The van der Waals surface area contributed by atoms with Gasteiger partial charge >= 0.3 is 0 Å². The van der Waals surface area contributed by atoms with Gasteiger partial charge in [-0.15, -0.1) is 0 Å². The zero-order valence-electron chi connectivity index (χ0n) is 18.6. The number of methoxy groups -OCH3 is 3. The van der Waals surface area contributed by atoms with Gasteiger partial charge in [-0.3, -0.25) is 4.79 Å². The molecule has 0 radical (unpaired) electrons. The van der Waals surface area contributed by atoms with Crippen LogP contribution in [0.25, 0.3) is 0 Å². The van der Waals surface area contributed by atoms with E-state index in [0.29, 0.717) is 60.4 Å². The van der Waals surface area contributed by atoms with Crippen molar-refractivity contribution in [3.05, 3.63) is 41.5 Å². The zero-order chi connectivity index (χ0) is 23.3. The Morgan fingerprint density at radius 2 is 1.66 bits per heavy atom. The molecule has 10 heteroatoms. The van der Waals surface area contributed by atoms with E-state index in [2.05, 4.69) is 5.32 Å². The Balaban J connectivity index is 1.80. The van der Waals surface area contributed by atoms with Crippen molar-refractivity contribution in [1.29, 1.82) is 0 Å². The predicted octanol–water partition coefficient (Wildman–Crippen LogP) is 2.22. The molecule has 1 aliphatic heterocycles. The first-order valence-corrected chi connectivity index (χ1v) is 11.5. The maximum absolute atomic E-state index is 13.1. The normalized spacial score (nSPS) is 14.6. The number of amides is 1. The summed E-state index contributed by atoms with van der Waals surface area (Å²) in [5, 5.41) is 2.78. The fourth-order valence-corrected chi connectivity index (χ4v) is 5.17. The molecule has 0 saturated carbocycles. The van der Waals surface area contributed by atoms with Crippen LogP contribution in [0.4, 0.5) is 5.69 Å². The molecular formula is C22H28N2O7S. The molecule has 0 aliphatic carbocycles. The van der Waals surface area contributed by atoms with Crippen molar-refractivity contribution < 1.29 is 32.2 Å². The molecular weight excluding hydrogens is 436 g/mol. The van der Waals surface area contributed by atoms with Crippen LogP contribution >= 0.6 is 0 Å². The molecule has 1 amide bonds. The Labute approximate surface area is 188 Å². The fourth-order valence-electron chi connectivity index (χ4n) is 3.51. The summed E-state index contributed by atoms with van der Waals surface area (Å²) < 4.78 is 48.7. The summed E-state index contributed by atoms with van der Waals surface area (Å²) in [7, 11) is 0.834. The van der Waals surface area contributed by atoms with Crippen LogP contribution in [0.1, 0.15) is 11.1 Å². The van der Waals surface area contributed by atoms with Crippen molar-refractivity contribution in [3.8, 4) is 17.2 Å². The minimum Gasteiger partial charge on any atom is -0.493 e. The number of rotatable bonds is 8. The summed E-state index contributed by atoms with van der Waals surface area (Å²) >= 11 is 0. The van der Waals surface area contributed by atoms with Gasteiger partial charge in [-0.1, -0.05) is 6.07 Å². The topological polar surface area (TPSA) is 103 Å². The number of benzene rings is 2. The van der Waals surface area contributed by atoms with Gasteiger partial charge in [0.25, 0.3) is 0 Å². The van der Waals surface area contributed by atoms with Crippen LogP contribution in [0.3, 0.4) is 0 Å². The molecule has 174 valence electrons. The monoisotopic (exact) mass is 464 g/mol. The van der Waals surface area contributed by atoms with Crippen molar-refractivity contribution in [1.82, 2.24) is 4.31 Å². The molecule has 9 nitrogen and oxygen atoms in total. The third-order valence-electron chi connectivity index (χ3n) is 5.15. The number of anilines is 1. The predicted molar refractivity (Wildman–Crippen MR) is 119 cm³/mol. The Morgan fingerprint density at radius 1 is 1.03 bits per heavy atom. The summed E-state index contributed by atoms with van der Waals surface area (Å²) in [4.78, 5) is 12.9. The van der Waals surface area contributed by atoms with Gasteiger partial charge in [-0.25, -0.2) is 8.42 Å². The van der Waals surface area contributed by atoms with Crippen molar-refractivity contribution in [2.24, 2.45) is 0 Å². The molecule has 0 atom stereocenters. The summed E-state index contributed by atoms with van der Waals surface area (Å²) in [5.74, 6) is 1.03. The van der Waals surface area contributed by atoms with Crippen LogP contribution in [0.5, 0.6) is 17.2 Å². The highest BCUT2D eigenvalue weighted by Gasteiger charge is 2.28. The Morgan fingerprint density at radius 3 is 2.22 bits per heavy atom. The van der Waals surface area contributed by atoms with Crippen LogP contribution in [0.2, 0.25) is 0 Å². The summed E-state index contributed by atoms with van der Waals surface area (Å²) in [6, 6.07) is 8.26. The maximum Gasteiger partial charge on any atom is 0.243 e. The minimum atomic E-state index is -3.68. The van der Waals surface area contributed by atoms with Gasteiger partial charge in [0.05, 0.1) is 45.9 Å². The lowest BCUT2D eigenvalue weighted by molar-refractivity contribution is -0.115. The lowest BCUT2D eigenvalue weighted by Crippen LogP contribution is -2.40. The molecule has 1 fully saturated rings. The zero-order valence-corrected chi connectivity index (χ0v) is 19.5. The molecule has 32 heavy (non-hydrogen) atoms. The van der Waals surface area contributed by atoms with Gasteiger partial charge < -0.3 is 24.3 Å². The largest absolute Gasteiger partial charge is 0.493 e. The summed E-state index contributed by atoms with van der Waals surface area (Å²) in [6.07, 6.45) is 0.0378. The van der Waals surface area contributed by atoms with E-state index in [1.165, 1.54) is 31.7 Å². The van der Waals surface area contributed by atoms with Crippen LogP contribution in [0.15, 0.2) is 35.2 Å². The molecule has 3 rings (SSSR count). The molecule has 0 spiro atoms. The minimum absolute atomic E-state index is 0.0378. The van der Waals surface area contributed by atoms with E-state index in [-0.39, 0.29) is 17.2 Å². The van der Waals surface area contributed by atoms with E-state index in [9.17, 15) is 13.2 Å². The first-order valence-electron chi connectivity index (χ1n) is 10.1. The molecule has 0 unspecified atom stereocenters. The number of carbonyl (C=O) groups is 1. The number of ether oxygens (including phenoxy) is 4. The van der Waals surface area contributed by atoms with Gasteiger partial charge in [0.15, 0.2) is 11.5 Å². The van der Waals surface area contributed by atoms with Gasteiger partial charge in [-0.05, 0) is 42.3 Å². The summed E-state index contributed by atoms with van der Waals surface area (Å²) in [5.41, 5.74) is 1.67. The fraction of sp³-hybridized carbons (Fsp3) is 0.409. The van der Waals surface area contributed by atoms with E-state index in [0.717, 1.165) is 0 Å². The lowest BCUT2D eigenvalue weighted by atomic mass is 10.1. The number of hydrogen-bond acceptors (Lipinski definition) is 7. The maximum atomic E-state index is 13.1. The average molecular weight is 465 g/mol. The van der Waals surface area contributed by atoms with E-state index < -0.39 is 10.0 Å². The van der Waals surface area contributed by atoms with Crippen molar-refractivity contribution in [3.63, 3.8) is 0 Å². The van der Waals surface area contributed by atoms with Crippen molar-refractivity contribution in [2.45, 2.75) is 18.2 Å². The van der Waals surface area contributed by atoms with Crippen LogP contribution < -0.4 is 19.5 Å². The van der Waals surface area contributed by atoms with Crippen LogP contribution in [-0.2, 0) is 26.0 Å². The molecule has 0 bridgehead atoms. The first-order chi connectivity index (χ1) is 15.3. The molecule has 2 aromatic rings. The van der Waals surface area contributed by atoms with Crippen molar-refractivity contribution >= 4 is 21.6 Å². The number of carbonyl (C=O) groups excluding carboxylic acids is 1. The molecule has 1 heterocycles. The van der Waals surface area contributed by atoms with Gasteiger partial charge in [0.1, 0.15) is 0 Å². The number of aryl methyl sites for hydroxylation is 1. The number of nitrogens with zero attached hydrogens (tertiary/aromatic N) is 1. The smallest absolute Gasteiger partial charge is 0.243 e.